The van der Waals surface area contributed by atoms with Crippen LogP contribution in [0.1, 0.15) is 42.1 Å². The number of halogens is 1. The smallest absolute Gasteiger partial charge is 0.300 e. The Labute approximate surface area is 214 Å². The van der Waals surface area contributed by atoms with Gasteiger partial charge in [-0.25, -0.2) is 0 Å². The first-order chi connectivity index (χ1) is 16.7. The number of ether oxygens (including phenoxy) is 1. The molecule has 0 radical (unpaired) electrons. The third-order valence-electron chi connectivity index (χ3n) is 6.06. The number of carbonyl (C=O) groups is 2. The molecule has 4 rings (SSSR count). The van der Waals surface area contributed by atoms with E-state index < -0.39 is 17.7 Å². The first-order valence-corrected chi connectivity index (χ1v) is 12.3. The van der Waals surface area contributed by atoms with Crippen LogP contribution in [0, 0.1) is 19.8 Å². The molecule has 1 N–H and O–H groups in total. The maximum atomic E-state index is 13.4. The molecule has 5 nitrogen and oxygen atoms in total. The van der Waals surface area contributed by atoms with Gasteiger partial charge in [-0.05, 0) is 72.9 Å². The van der Waals surface area contributed by atoms with Gasteiger partial charge in [0.15, 0.2) is 0 Å². The fourth-order valence-corrected chi connectivity index (χ4v) is 4.45. The summed E-state index contributed by atoms with van der Waals surface area (Å²) in [6.07, 6.45) is 0. The molecule has 0 aromatic heterocycles. The van der Waals surface area contributed by atoms with E-state index in [4.69, 9.17) is 4.74 Å². The molecule has 3 aromatic carbocycles. The number of hydrogen-bond donors (Lipinski definition) is 1. The van der Waals surface area contributed by atoms with Gasteiger partial charge in [-0.15, -0.1) is 0 Å². The van der Waals surface area contributed by atoms with Gasteiger partial charge < -0.3 is 9.84 Å². The SMILES string of the molecule is Cc1cc(/C(O)=C2\C(=O)C(=O)N(c3ccc(OCC(C)C)cc3)C2c2ccccc2C)ccc1Br. The zero-order valence-corrected chi connectivity index (χ0v) is 21.8. The molecular formula is C29H28BrNO4. The number of ketones is 1. The van der Waals surface area contributed by atoms with Gasteiger partial charge in [0.25, 0.3) is 11.7 Å². The van der Waals surface area contributed by atoms with E-state index in [9.17, 15) is 14.7 Å². The number of anilines is 1. The van der Waals surface area contributed by atoms with Crippen LogP contribution in [0.5, 0.6) is 5.75 Å². The van der Waals surface area contributed by atoms with E-state index in [-0.39, 0.29) is 11.3 Å². The van der Waals surface area contributed by atoms with Crippen molar-refractivity contribution in [3.63, 3.8) is 0 Å². The minimum absolute atomic E-state index is 0.0751. The maximum absolute atomic E-state index is 13.4. The van der Waals surface area contributed by atoms with Gasteiger partial charge in [-0.3, -0.25) is 14.5 Å². The van der Waals surface area contributed by atoms with Crippen LogP contribution in [-0.2, 0) is 9.59 Å². The second-order valence-electron chi connectivity index (χ2n) is 9.19. The summed E-state index contributed by atoms with van der Waals surface area (Å²) in [7, 11) is 0. The van der Waals surface area contributed by atoms with Gasteiger partial charge >= 0.3 is 0 Å². The van der Waals surface area contributed by atoms with E-state index >= 15 is 0 Å². The molecule has 1 saturated heterocycles. The predicted octanol–water partition coefficient (Wildman–Crippen LogP) is 6.73. The normalized spacial score (nSPS) is 17.3. The van der Waals surface area contributed by atoms with Crippen molar-refractivity contribution in [3.05, 3.63) is 99.0 Å². The Balaban J connectivity index is 1.85. The molecular weight excluding hydrogens is 506 g/mol. The summed E-state index contributed by atoms with van der Waals surface area (Å²) in [4.78, 5) is 28.2. The minimum atomic E-state index is -0.761. The Kier molecular flexibility index (Phi) is 7.13. The highest BCUT2D eigenvalue weighted by Gasteiger charge is 2.47. The molecule has 1 amide bonds. The van der Waals surface area contributed by atoms with E-state index in [1.807, 2.05) is 44.2 Å². The summed E-state index contributed by atoms with van der Waals surface area (Å²) in [6, 6.07) is 19.3. The fraction of sp³-hybridized carbons (Fsp3) is 0.241. The molecule has 1 aliphatic rings. The Bertz CT molecular complexity index is 1310. The number of hydrogen-bond acceptors (Lipinski definition) is 4. The largest absolute Gasteiger partial charge is 0.507 e. The monoisotopic (exact) mass is 533 g/mol. The first-order valence-electron chi connectivity index (χ1n) is 11.5. The number of rotatable bonds is 6. The Morgan fingerprint density at radius 1 is 1.00 bits per heavy atom. The maximum Gasteiger partial charge on any atom is 0.300 e. The molecule has 180 valence electrons. The van der Waals surface area contributed by atoms with Crippen molar-refractivity contribution in [2.45, 2.75) is 33.7 Å². The summed E-state index contributed by atoms with van der Waals surface area (Å²) < 4.78 is 6.67. The summed E-state index contributed by atoms with van der Waals surface area (Å²) in [5.74, 6) is -0.500. The van der Waals surface area contributed by atoms with Gasteiger partial charge in [0.1, 0.15) is 11.5 Å². The second-order valence-corrected chi connectivity index (χ2v) is 10.0. The number of aliphatic hydroxyl groups excluding tert-OH is 1. The summed E-state index contributed by atoms with van der Waals surface area (Å²) in [5.41, 5.74) is 3.73. The standard InChI is InChI=1S/C29H28BrNO4/c1-17(2)16-35-22-12-10-21(11-13-22)31-26(23-8-6-5-7-18(23)3)25(28(33)29(31)34)27(32)20-9-14-24(30)19(4)15-20/h5-15,17,26,32H,16H2,1-4H3/b27-25+. The number of aliphatic hydroxyl groups is 1. The molecule has 0 bridgehead atoms. The third kappa shape index (κ3) is 4.89. The van der Waals surface area contributed by atoms with Crippen molar-refractivity contribution in [2.75, 3.05) is 11.5 Å². The first kappa shape index (κ1) is 24.7. The Hall–Kier alpha value is -3.38. The van der Waals surface area contributed by atoms with Crippen molar-refractivity contribution < 1.29 is 19.4 Å². The van der Waals surface area contributed by atoms with E-state index in [1.54, 1.807) is 36.4 Å². The Morgan fingerprint density at radius 2 is 1.69 bits per heavy atom. The topological polar surface area (TPSA) is 66.8 Å². The quantitative estimate of drug-likeness (QED) is 0.217. The van der Waals surface area contributed by atoms with Crippen molar-refractivity contribution in [1.82, 2.24) is 0 Å². The number of benzene rings is 3. The number of amides is 1. The number of nitrogens with zero attached hydrogens (tertiary/aromatic N) is 1. The summed E-state index contributed by atoms with van der Waals surface area (Å²) in [6.45, 7) is 8.56. The van der Waals surface area contributed by atoms with E-state index in [2.05, 4.69) is 29.8 Å². The molecule has 35 heavy (non-hydrogen) atoms. The van der Waals surface area contributed by atoms with Crippen LogP contribution in [0.4, 0.5) is 5.69 Å². The van der Waals surface area contributed by atoms with Crippen LogP contribution < -0.4 is 9.64 Å². The summed E-state index contributed by atoms with van der Waals surface area (Å²) >= 11 is 3.47. The zero-order chi connectivity index (χ0) is 25.3. The lowest BCUT2D eigenvalue weighted by Gasteiger charge is -2.27. The summed E-state index contributed by atoms with van der Waals surface area (Å²) in [5, 5.41) is 11.3. The molecule has 0 aliphatic carbocycles. The lowest BCUT2D eigenvalue weighted by Crippen LogP contribution is -2.29. The molecule has 1 unspecified atom stereocenters. The van der Waals surface area contributed by atoms with Gasteiger partial charge in [0, 0.05) is 15.7 Å². The lowest BCUT2D eigenvalue weighted by atomic mass is 9.92. The average Bonchev–Trinajstić information content (AvgIpc) is 3.10. The van der Waals surface area contributed by atoms with Gasteiger partial charge in [0.2, 0.25) is 0 Å². The highest BCUT2D eigenvalue weighted by Crippen LogP contribution is 2.43. The van der Waals surface area contributed by atoms with Crippen LogP contribution >= 0.6 is 15.9 Å². The Morgan fingerprint density at radius 3 is 2.31 bits per heavy atom. The molecule has 1 heterocycles. The minimum Gasteiger partial charge on any atom is -0.507 e. The van der Waals surface area contributed by atoms with Gasteiger partial charge in [0.05, 0.1) is 18.2 Å². The number of carbonyl (C=O) groups excluding carboxylic acids is 2. The van der Waals surface area contributed by atoms with Crippen LogP contribution in [0.3, 0.4) is 0 Å². The van der Waals surface area contributed by atoms with E-state index in [0.29, 0.717) is 29.5 Å². The van der Waals surface area contributed by atoms with Gasteiger partial charge in [-0.2, -0.15) is 0 Å². The molecule has 1 aliphatic heterocycles. The van der Waals surface area contributed by atoms with Crippen molar-refractivity contribution in [2.24, 2.45) is 5.92 Å². The zero-order valence-electron chi connectivity index (χ0n) is 20.2. The van der Waals surface area contributed by atoms with Crippen LogP contribution in [0.25, 0.3) is 5.76 Å². The van der Waals surface area contributed by atoms with Crippen LogP contribution in [0.15, 0.2) is 76.8 Å². The fourth-order valence-electron chi connectivity index (χ4n) is 4.20. The molecule has 1 fully saturated rings. The van der Waals surface area contributed by atoms with Crippen LogP contribution in [-0.4, -0.2) is 23.4 Å². The lowest BCUT2D eigenvalue weighted by molar-refractivity contribution is -0.132. The predicted molar refractivity (Wildman–Crippen MR) is 142 cm³/mol. The molecule has 1 atom stereocenters. The highest BCUT2D eigenvalue weighted by molar-refractivity contribution is 9.10. The highest BCUT2D eigenvalue weighted by atomic mass is 79.9. The second kappa shape index (κ2) is 10.1. The average molecular weight is 534 g/mol. The van der Waals surface area contributed by atoms with Crippen molar-refractivity contribution in [3.8, 4) is 5.75 Å². The van der Waals surface area contributed by atoms with Crippen LogP contribution in [0.2, 0.25) is 0 Å². The molecule has 0 saturated carbocycles. The third-order valence-corrected chi connectivity index (χ3v) is 6.95. The van der Waals surface area contributed by atoms with Crippen molar-refractivity contribution in [1.29, 1.82) is 0 Å². The van der Waals surface area contributed by atoms with Gasteiger partial charge in [-0.1, -0.05) is 60.1 Å². The van der Waals surface area contributed by atoms with E-state index in [0.717, 1.165) is 21.2 Å². The van der Waals surface area contributed by atoms with Crippen molar-refractivity contribution >= 4 is 39.1 Å². The number of aryl methyl sites for hydroxylation is 2. The van der Waals surface area contributed by atoms with E-state index in [1.165, 1.54) is 4.90 Å². The molecule has 6 heteroatoms. The molecule has 0 spiro atoms. The molecule has 3 aromatic rings. The number of Topliss-reactive ketones (excluding diaryl/α,β-unsaturated/α-hetero) is 1.